The number of rotatable bonds is 14. The van der Waals surface area contributed by atoms with E-state index in [4.69, 9.17) is 19.7 Å². The van der Waals surface area contributed by atoms with Crippen LogP contribution in [0.1, 0.15) is 24.2 Å². The zero-order valence-electron chi connectivity index (χ0n) is 16.0. The van der Waals surface area contributed by atoms with Gasteiger partial charge in [-0.3, -0.25) is 9.69 Å². The first-order valence-corrected chi connectivity index (χ1v) is 8.98. The van der Waals surface area contributed by atoms with Crippen molar-refractivity contribution in [1.82, 2.24) is 4.90 Å². The van der Waals surface area contributed by atoms with E-state index in [-0.39, 0.29) is 38.8 Å². The van der Waals surface area contributed by atoms with Gasteiger partial charge in [0.15, 0.2) is 5.78 Å². The minimum atomic E-state index is -1.45. The van der Waals surface area contributed by atoms with Crippen molar-refractivity contribution in [3.05, 3.63) is 29.8 Å². The van der Waals surface area contributed by atoms with Crippen LogP contribution in [0.15, 0.2) is 24.3 Å². The highest BCUT2D eigenvalue weighted by molar-refractivity contribution is 6.01. The Hall–Kier alpha value is -1.55. The molecule has 0 aromatic heterocycles. The first-order valence-electron chi connectivity index (χ1n) is 8.98. The Morgan fingerprint density at radius 1 is 1.19 bits per heavy atom. The number of carbonyl (C=O) groups excluding carboxylic acids is 1. The minimum absolute atomic E-state index is 0.0452. The van der Waals surface area contributed by atoms with Crippen LogP contribution in [0.4, 0.5) is 0 Å². The van der Waals surface area contributed by atoms with E-state index < -0.39 is 11.7 Å². The summed E-state index contributed by atoms with van der Waals surface area (Å²) in [4.78, 5) is 13.8. The average molecular weight is 385 g/mol. The lowest BCUT2D eigenvalue weighted by atomic mass is 9.97. The zero-order valence-corrected chi connectivity index (χ0v) is 16.0. The molecule has 0 heterocycles. The standard InChI is InChI=1S/C19H31NO7/c1-19(2,25)18(24)15-4-3-5-17(12-15)27-11-10-26-14-16(23)13-20(6-8-21)7-9-22/h3-5,12,16,21-23,25H,6-11,13-14H2,1-2H3. The normalized spacial score (nSPS) is 13.0. The van der Waals surface area contributed by atoms with E-state index in [9.17, 15) is 15.0 Å². The van der Waals surface area contributed by atoms with Crippen LogP contribution in [0.5, 0.6) is 5.75 Å². The molecule has 4 N–H and O–H groups in total. The van der Waals surface area contributed by atoms with E-state index >= 15 is 0 Å². The molecule has 0 aliphatic rings. The maximum Gasteiger partial charge on any atom is 0.193 e. The van der Waals surface area contributed by atoms with Crippen LogP contribution in [0.3, 0.4) is 0 Å². The molecule has 1 aromatic rings. The molecule has 0 aliphatic carbocycles. The molecule has 0 fully saturated rings. The first-order chi connectivity index (χ1) is 12.8. The van der Waals surface area contributed by atoms with Crippen molar-refractivity contribution in [1.29, 1.82) is 0 Å². The smallest absolute Gasteiger partial charge is 0.193 e. The van der Waals surface area contributed by atoms with Crippen molar-refractivity contribution in [2.75, 3.05) is 52.7 Å². The summed E-state index contributed by atoms with van der Waals surface area (Å²) in [6.07, 6.45) is -0.740. The Morgan fingerprint density at radius 2 is 1.85 bits per heavy atom. The predicted octanol–water partition coefficient (Wildman–Crippen LogP) is -0.317. The van der Waals surface area contributed by atoms with Gasteiger partial charge in [-0.2, -0.15) is 0 Å². The number of nitrogens with zero attached hydrogens (tertiary/aromatic N) is 1. The predicted molar refractivity (Wildman–Crippen MR) is 100 cm³/mol. The summed E-state index contributed by atoms with van der Waals surface area (Å²) in [5.41, 5.74) is -1.08. The zero-order chi connectivity index (χ0) is 20.3. The molecule has 154 valence electrons. The van der Waals surface area contributed by atoms with Gasteiger partial charge in [0, 0.05) is 25.2 Å². The monoisotopic (exact) mass is 385 g/mol. The number of hydrogen-bond donors (Lipinski definition) is 4. The van der Waals surface area contributed by atoms with Crippen molar-refractivity contribution in [2.45, 2.75) is 25.6 Å². The van der Waals surface area contributed by atoms with Crippen LogP contribution in [0.25, 0.3) is 0 Å². The Kier molecular flexibility index (Phi) is 10.5. The maximum atomic E-state index is 12.1. The Bertz CT molecular complexity index is 553. The molecule has 0 saturated carbocycles. The van der Waals surface area contributed by atoms with Crippen LogP contribution in [-0.4, -0.2) is 95.5 Å². The second-order valence-corrected chi connectivity index (χ2v) is 6.74. The molecular formula is C19H31NO7. The van der Waals surface area contributed by atoms with Gasteiger partial charge in [0.05, 0.1) is 32.5 Å². The van der Waals surface area contributed by atoms with Crippen LogP contribution in [0, 0.1) is 0 Å². The summed E-state index contributed by atoms with van der Waals surface area (Å²) in [5.74, 6) is 0.106. The molecular weight excluding hydrogens is 354 g/mol. The van der Waals surface area contributed by atoms with Crippen LogP contribution < -0.4 is 4.74 Å². The van der Waals surface area contributed by atoms with Crippen LogP contribution in [0.2, 0.25) is 0 Å². The van der Waals surface area contributed by atoms with Gasteiger partial charge in [0.2, 0.25) is 0 Å². The van der Waals surface area contributed by atoms with Crippen molar-refractivity contribution in [2.24, 2.45) is 0 Å². The molecule has 1 rings (SSSR count). The highest BCUT2D eigenvalue weighted by Crippen LogP contribution is 2.18. The quantitative estimate of drug-likeness (QED) is 0.254. The summed E-state index contributed by atoms with van der Waals surface area (Å²) >= 11 is 0. The number of Topliss-reactive ketones (excluding diaryl/α,β-unsaturated/α-hetero) is 1. The lowest BCUT2D eigenvalue weighted by Gasteiger charge is -2.23. The Morgan fingerprint density at radius 3 is 2.44 bits per heavy atom. The largest absolute Gasteiger partial charge is 0.491 e. The summed E-state index contributed by atoms with van der Waals surface area (Å²) < 4.78 is 10.9. The second kappa shape index (κ2) is 12.0. The van der Waals surface area contributed by atoms with Gasteiger partial charge >= 0.3 is 0 Å². The van der Waals surface area contributed by atoms with Crippen LogP contribution in [-0.2, 0) is 4.74 Å². The molecule has 0 saturated heterocycles. The SMILES string of the molecule is CC(C)(O)C(=O)c1cccc(OCCOCC(O)CN(CCO)CCO)c1. The fourth-order valence-electron chi connectivity index (χ4n) is 2.45. The number of aliphatic hydroxyl groups excluding tert-OH is 3. The van der Waals surface area contributed by atoms with E-state index in [2.05, 4.69) is 0 Å². The fourth-order valence-corrected chi connectivity index (χ4v) is 2.45. The molecule has 0 aliphatic heterocycles. The molecule has 0 bridgehead atoms. The molecule has 8 heteroatoms. The Balaban J connectivity index is 2.33. The minimum Gasteiger partial charge on any atom is -0.491 e. The van der Waals surface area contributed by atoms with Gasteiger partial charge in [0.1, 0.15) is 18.0 Å². The molecule has 8 nitrogen and oxygen atoms in total. The van der Waals surface area contributed by atoms with Gasteiger partial charge < -0.3 is 29.9 Å². The average Bonchev–Trinajstić information content (AvgIpc) is 2.60. The highest BCUT2D eigenvalue weighted by Gasteiger charge is 2.25. The molecule has 0 amide bonds. The molecule has 1 atom stereocenters. The van der Waals surface area contributed by atoms with Crippen molar-refractivity contribution < 1.29 is 34.7 Å². The number of aliphatic hydroxyl groups is 4. The van der Waals surface area contributed by atoms with Crippen molar-refractivity contribution in [3.63, 3.8) is 0 Å². The van der Waals surface area contributed by atoms with Crippen LogP contribution >= 0.6 is 0 Å². The van der Waals surface area contributed by atoms with Gasteiger partial charge in [0.25, 0.3) is 0 Å². The summed E-state index contributed by atoms with van der Waals surface area (Å²) in [6.45, 7) is 4.42. The summed E-state index contributed by atoms with van der Waals surface area (Å²) in [5, 5.41) is 37.6. The number of benzene rings is 1. The van der Waals surface area contributed by atoms with Crippen molar-refractivity contribution in [3.8, 4) is 5.75 Å². The van der Waals surface area contributed by atoms with Crippen molar-refractivity contribution >= 4 is 5.78 Å². The maximum absolute atomic E-state index is 12.1. The van der Waals surface area contributed by atoms with E-state index in [1.165, 1.54) is 13.8 Å². The molecule has 27 heavy (non-hydrogen) atoms. The number of hydrogen-bond acceptors (Lipinski definition) is 8. The van der Waals surface area contributed by atoms with E-state index in [0.717, 1.165) is 0 Å². The third kappa shape index (κ3) is 9.28. The summed E-state index contributed by atoms with van der Waals surface area (Å²) in [7, 11) is 0. The number of carbonyl (C=O) groups is 1. The fraction of sp³-hybridized carbons (Fsp3) is 0.632. The van der Waals surface area contributed by atoms with Gasteiger partial charge in [-0.15, -0.1) is 0 Å². The molecule has 1 unspecified atom stereocenters. The van der Waals surface area contributed by atoms with E-state index in [1.807, 2.05) is 0 Å². The lowest BCUT2D eigenvalue weighted by Crippen LogP contribution is -2.38. The van der Waals surface area contributed by atoms with Gasteiger partial charge in [-0.1, -0.05) is 12.1 Å². The Labute approximate surface area is 160 Å². The molecule has 0 radical (unpaired) electrons. The third-order valence-corrected chi connectivity index (χ3v) is 3.76. The number of ether oxygens (including phenoxy) is 2. The first kappa shape index (κ1) is 23.5. The van der Waals surface area contributed by atoms with Gasteiger partial charge in [-0.05, 0) is 26.0 Å². The van der Waals surface area contributed by atoms with E-state index in [1.54, 1.807) is 29.2 Å². The third-order valence-electron chi connectivity index (χ3n) is 3.76. The topological polar surface area (TPSA) is 120 Å². The molecule has 0 spiro atoms. The van der Waals surface area contributed by atoms with E-state index in [0.29, 0.717) is 30.9 Å². The highest BCUT2D eigenvalue weighted by atomic mass is 16.5. The second-order valence-electron chi connectivity index (χ2n) is 6.74. The number of ketones is 1. The summed E-state index contributed by atoms with van der Waals surface area (Å²) in [6, 6.07) is 6.56. The van der Waals surface area contributed by atoms with Gasteiger partial charge in [-0.25, -0.2) is 0 Å². The molecule has 1 aromatic carbocycles. The lowest BCUT2D eigenvalue weighted by molar-refractivity contribution is 0.00360.